The Bertz CT molecular complexity index is 878. The molecule has 0 radical (unpaired) electrons. The fourth-order valence-corrected chi connectivity index (χ4v) is 3.21. The number of carbonyl (C=O) groups is 2. The topological polar surface area (TPSA) is 46.2 Å². The van der Waals surface area contributed by atoms with Crippen LogP contribution >= 0.6 is 0 Å². The molecular weight excluding hydrogens is 298 g/mol. The van der Waals surface area contributed by atoms with Crippen molar-refractivity contribution in [3.8, 4) is 0 Å². The highest BCUT2D eigenvalue weighted by atomic mass is 16.2. The standard InChI is InChI=1S/C21H15NO2/c23-20-17-13-16(11-12-18(17)22-21(20)24)19(14-7-3-1-4-8-14)15-9-5-2-6-10-15/h1-13,19H,(H,22,23,24). The number of Topliss-reactive ketones (excluding diaryl/α,β-unsaturated/α-hetero) is 1. The maximum atomic E-state index is 12.0. The first kappa shape index (κ1) is 14.4. The van der Waals surface area contributed by atoms with Gasteiger partial charge in [-0.05, 0) is 28.8 Å². The van der Waals surface area contributed by atoms with Gasteiger partial charge in [-0.25, -0.2) is 0 Å². The first-order valence-electron chi connectivity index (χ1n) is 7.83. The van der Waals surface area contributed by atoms with E-state index < -0.39 is 11.7 Å². The highest BCUT2D eigenvalue weighted by molar-refractivity contribution is 6.51. The highest BCUT2D eigenvalue weighted by Crippen LogP contribution is 2.35. The zero-order valence-electron chi connectivity index (χ0n) is 12.9. The van der Waals surface area contributed by atoms with E-state index in [9.17, 15) is 9.59 Å². The molecule has 0 atom stereocenters. The van der Waals surface area contributed by atoms with Gasteiger partial charge in [0.2, 0.25) is 0 Å². The van der Waals surface area contributed by atoms with Crippen LogP contribution < -0.4 is 5.32 Å². The third-order valence-electron chi connectivity index (χ3n) is 4.34. The molecule has 3 aromatic carbocycles. The molecule has 0 saturated carbocycles. The summed E-state index contributed by atoms with van der Waals surface area (Å²) in [6.45, 7) is 0. The Morgan fingerprint density at radius 1 is 0.667 bits per heavy atom. The molecule has 4 rings (SSSR count). The van der Waals surface area contributed by atoms with Gasteiger partial charge in [0.1, 0.15) is 0 Å². The van der Waals surface area contributed by atoms with Crippen LogP contribution in [0.4, 0.5) is 5.69 Å². The fraction of sp³-hybridized carbons (Fsp3) is 0.0476. The quantitative estimate of drug-likeness (QED) is 0.587. The van der Waals surface area contributed by atoms with Crippen molar-refractivity contribution in [2.24, 2.45) is 0 Å². The van der Waals surface area contributed by atoms with Gasteiger partial charge in [-0.3, -0.25) is 9.59 Å². The molecule has 24 heavy (non-hydrogen) atoms. The smallest absolute Gasteiger partial charge is 0.296 e. The molecule has 0 fully saturated rings. The van der Waals surface area contributed by atoms with Crippen LogP contribution in [0.25, 0.3) is 0 Å². The lowest BCUT2D eigenvalue weighted by Crippen LogP contribution is -2.12. The van der Waals surface area contributed by atoms with Gasteiger partial charge < -0.3 is 5.32 Å². The van der Waals surface area contributed by atoms with Crippen LogP contribution in [0, 0.1) is 0 Å². The van der Waals surface area contributed by atoms with Crippen LogP contribution in [-0.4, -0.2) is 11.7 Å². The predicted molar refractivity (Wildman–Crippen MR) is 93.2 cm³/mol. The second-order valence-electron chi connectivity index (χ2n) is 5.84. The van der Waals surface area contributed by atoms with E-state index in [1.807, 2.05) is 54.6 Å². The average molecular weight is 313 g/mol. The van der Waals surface area contributed by atoms with Crippen LogP contribution in [0.1, 0.15) is 33.0 Å². The van der Waals surface area contributed by atoms with Crippen molar-refractivity contribution in [3.63, 3.8) is 0 Å². The summed E-state index contributed by atoms with van der Waals surface area (Å²) < 4.78 is 0. The highest BCUT2D eigenvalue weighted by Gasteiger charge is 2.29. The molecule has 0 spiro atoms. The largest absolute Gasteiger partial charge is 0.318 e. The lowest BCUT2D eigenvalue weighted by molar-refractivity contribution is -0.112. The number of fused-ring (bicyclic) bond motifs is 1. The SMILES string of the molecule is O=C1Nc2ccc(C(c3ccccc3)c3ccccc3)cc2C1=O. The number of benzene rings is 3. The molecule has 0 aliphatic carbocycles. The maximum absolute atomic E-state index is 12.0. The molecule has 1 heterocycles. The first-order valence-corrected chi connectivity index (χ1v) is 7.83. The Kier molecular flexibility index (Phi) is 3.47. The third kappa shape index (κ3) is 2.40. The first-order chi connectivity index (χ1) is 11.7. The van der Waals surface area contributed by atoms with E-state index >= 15 is 0 Å². The van der Waals surface area contributed by atoms with Crippen LogP contribution in [-0.2, 0) is 4.79 Å². The Morgan fingerprint density at radius 2 is 1.25 bits per heavy atom. The summed E-state index contributed by atoms with van der Waals surface area (Å²) in [5.41, 5.74) is 4.33. The molecule has 1 aliphatic rings. The molecule has 1 N–H and O–H groups in total. The number of carbonyl (C=O) groups excluding carboxylic acids is 2. The number of hydrogen-bond donors (Lipinski definition) is 1. The van der Waals surface area contributed by atoms with Crippen molar-refractivity contribution in [3.05, 3.63) is 101 Å². The summed E-state index contributed by atoms with van der Waals surface area (Å²) in [5, 5.41) is 2.60. The number of amides is 1. The molecule has 0 unspecified atom stereocenters. The van der Waals surface area contributed by atoms with Crippen LogP contribution in [0.15, 0.2) is 78.9 Å². The van der Waals surface area contributed by atoms with Crippen LogP contribution in [0.2, 0.25) is 0 Å². The molecular formula is C21H15NO2. The van der Waals surface area contributed by atoms with Crippen molar-refractivity contribution < 1.29 is 9.59 Å². The lowest BCUT2D eigenvalue weighted by atomic mass is 9.84. The van der Waals surface area contributed by atoms with Crippen molar-refractivity contribution in [1.82, 2.24) is 0 Å². The summed E-state index contributed by atoms with van der Waals surface area (Å²) in [6, 6.07) is 25.9. The molecule has 3 heteroatoms. The number of nitrogens with one attached hydrogen (secondary N) is 1. The minimum absolute atomic E-state index is 0.0150. The molecule has 116 valence electrons. The van der Waals surface area contributed by atoms with Gasteiger partial charge in [-0.15, -0.1) is 0 Å². The molecule has 3 aromatic rings. The van der Waals surface area contributed by atoms with Gasteiger partial charge in [0, 0.05) is 5.92 Å². The number of hydrogen-bond acceptors (Lipinski definition) is 2. The van der Waals surface area contributed by atoms with Gasteiger partial charge in [-0.1, -0.05) is 66.7 Å². The van der Waals surface area contributed by atoms with E-state index in [0.717, 1.165) is 16.7 Å². The van der Waals surface area contributed by atoms with E-state index in [1.165, 1.54) is 0 Å². The molecule has 0 bridgehead atoms. The fourth-order valence-electron chi connectivity index (χ4n) is 3.21. The molecule has 1 aliphatic heterocycles. The summed E-state index contributed by atoms with van der Waals surface area (Å²) >= 11 is 0. The van der Waals surface area contributed by atoms with Gasteiger partial charge in [0.15, 0.2) is 0 Å². The van der Waals surface area contributed by atoms with Gasteiger partial charge >= 0.3 is 0 Å². The zero-order valence-corrected chi connectivity index (χ0v) is 12.9. The Hall–Kier alpha value is -3.20. The Morgan fingerprint density at radius 3 is 1.83 bits per heavy atom. The van der Waals surface area contributed by atoms with Crippen LogP contribution in [0.5, 0.6) is 0 Å². The molecule has 0 aromatic heterocycles. The monoisotopic (exact) mass is 313 g/mol. The van der Waals surface area contributed by atoms with E-state index in [-0.39, 0.29) is 5.92 Å². The summed E-state index contributed by atoms with van der Waals surface area (Å²) in [5.74, 6) is -1.01. The van der Waals surface area contributed by atoms with Crippen molar-refractivity contribution >= 4 is 17.4 Å². The van der Waals surface area contributed by atoms with Crippen molar-refractivity contribution in [2.75, 3.05) is 5.32 Å². The zero-order chi connectivity index (χ0) is 16.5. The van der Waals surface area contributed by atoms with Crippen molar-refractivity contribution in [2.45, 2.75) is 5.92 Å². The van der Waals surface area contributed by atoms with Gasteiger partial charge in [-0.2, -0.15) is 0 Å². The minimum Gasteiger partial charge on any atom is -0.318 e. The Labute approximate surface area is 140 Å². The molecule has 3 nitrogen and oxygen atoms in total. The summed E-state index contributed by atoms with van der Waals surface area (Å²) in [7, 11) is 0. The minimum atomic E-state index is -0.557. The predicted octanol–water partition coefficient (Wildman–Crippen LogP) is 4.00. The summed E-state index contributed by atoms with van der Waals surface area (Å²) in [4.78, 5) is 23.6. The van der Waals surface area contributed by atoms with Gasteiger partial charge in [0.25, 0.3) is 11.7 Å². The van der Waals surface area contributed by atoms with E-state index in [2.05, 4.69) is 29.6 Å². The Balaban J connectivity index is 1.87. The average Bonchev–Trinajstić information content (AvgIpc) is 2.91. The second kappa shape index (κ2) is 5.78. The lowest BCUT2D eigenvalue weighted by Gasteiger charge is -2.19. The van der Waals surface area contributed by atoms with Gasteiger partial charge in [0.05, 0.1) is 11.3 Å². The number of rotatable bonds is 3. The number of ketones is 1. The molecule has 0 saturated heterocycles. The third-order valence-corrected chi connectivity index (χ3v) is 4.34. The van der Waals surface area contributed by atoms with Crippen LogP contribution in [0.3, 0.4) is 0 Å². The second-order valence-corrected chi connectivity index (χ2v) is 5.84. The maximum Gasteiger partial charge on any atom is 0.296 e. The van der Waals surface area contributed by atoms with Crippen molar-refractivity contribution in [1.29, 1.82) is 0 Å². The molecule has 1 amide bonds. The normalized spacial score (nSPS) is 13.0. The van der Waals surface area contributed by atoms with E-state index in [1.54, 1.807) is 0 Å². The van der Waals surface area contributed by atoms with E-state index in [4.69, 9.17) is 0 Å². The summed E-state index contributed by atoms with van der Waals surface area (Å²) in [6.07, 6.45) is 0. The van der Waals surface area contributed by atoms with E-state index in [0.29, 0.717) is 11.3 Å². The number of anilines is 1.